The second-order valence-corrected chi connectivity index (χ2v) is 2.50. The van der Waals surface area contributed by atoms with E-state index < -0.39 is 5.97 Å². The third-order valence-corrected chi connectivity index (χ3v) is 1.32. The molecule has 0 spiro atoms. The molecule has 0 aliphatic rings. The van der Waals surface area contributed by atoms with Crippen molar-refractivity contribution in [1.29, 1.82) is 0 Å². The number of carbonyl (C=O) groups is 1. The quantitative estimate of drug-likeness (QED) is 0.652. The van der Waals surface area contributed by atoms with Crippen LogP contribution in [0, 0.1) is 0 Å². The number of nitrogens with zero attached hydrogens (tertiary/aromatic N) is 1. The minimum Gasteiger partial charge on any atom is -0.492 e. The Morgan fingerprint density at radius 1 is 1.46 bits per heavy atom. The molecule has 1 aromatic heterocycles. The third kappa shape index (κ3) is 1.81. The third-order valence-electron chi connectivity index (χ3n) is 1.32. The van der Waals surface area contributed by atoms with Crippen LogP contribution in [0.25, 0.3) is 0 Å². The average molecular weight is 183 g/mol. The largest absolute Gasteiger partial charge is 0.492 e. The van der Waals surface area contributed by atoms with Crippen LogP contribution in [0.5, 0.6) is 11.8 Å². The van der Waals surface area contributed by atoms with Gasteiger partial charge in [-0.15, -0.1) is 4.73 Å². The van der Waals surface area contributed by atoms with Crippen molar-refractivity contribution in [3.05, 3.63) is 24.3 Å². The van der Waals surface area contributed by atoms with E-state index in [9.17, 15) is 4.79 Å². The van der Waals surface area contributed by atoms with Gasteiger partial charge in [0.05, 0.1) is 0 Å². The SMILES string of the molecule is C=C(C)C(=O)On1c(O)ccc1O. The first-order valence-corrected chi connectivity index (χ1v) is 3.50. The fraction of sp³-hybridized carbons (Fsp3) is 0.125. The first kappa shape index (κ1) is 9.18. The molecule has 1 rings (SSSR count). The smallest absolute Gasteiger partial charge is 0.359 e. The number of hydrogen-bond donors (Lipinski definition) is 2. The summed E-state index contributed by atoms with van der Waals surface area (Å²) in [6.45, 7) is 4.80. The molecule has 1 aromatic rings. The summed E-state index contributed by atoms with van der Waals surface area (Å²) < 4.78 is 0.608. The summed E-state index contributed by atoms with van der Waals surface area (Å²) in [7, 11) is 0. The Balaban J connectivity index is 2.85. The Kier molecular flexibility index (Phi) is 2.27. The molecule has 0 aromatic carbocycles. The summed E-state index contributed by atoms with van der Waals surface area (Å²) >= 11 is 0. The van der Waals surface area contributed by atoms with E-state index in [1.54, 1.807) is 0 Å². The Labute approximate surface area is 74.4 Å². The average Bonchev–Trinajstić information content (AvgIpc) is 2.35. The fourth-order valence-electron chi connectivity index (χ4n) is 0.656. The maximum Gasteiger partial charge on any atom is 0.359 e. The van der Waals surface area contributed by atoms with Crippen molar-refractivity contribution in [3.63, 3.8) is 0 Å². The van der Waals surface area contributed by atoms with E-state index in [1.807, 2.05) is 0 Å². The molecule has 0 unspecified atom stereocenters. The molecule has 13 heavy (non-hydrogen) atoms. The van der Waals surface area contributed by atoms with Crippen LogP contribution in [-0.2, 0) is 4.79 Å². The summed E-state index contributed by atoms with van der Waals surface area (Å²) in [4.78, 5) is 15.5. The summed E-state index contributed by atoms with van der Waals surface area (Å²) in [5, 5.41) is 18.1. The van der Waals surface area contributed by atoms with Crippen LogP contribution in [0.2, 0.25) is 0 Å². The standard InChI is InChI=1S/C8H9NO4/c1-5(2)8(12)13-9-6(10)3-4-7(9)11/h3-4,10-11H,1H2,2H3. The highest BCUT2D eigenvalue weighted by Crippen LogP contribution is 2.18. The van der Waals surface area contributed by atoms with Crippen LogP contribution in [-0.4, -0.2) is 20.9 Å². The molecule has 0 saturated heterocycles. The van der Waals surface area contributed by atoms with Crippen LogP contribution in [0.1, 0.15) is 6.92 Å². The fourth-order valence-corrected chi connectivity index (χ4v) is 0.656. The lowest BCUT2D eigenvalue weighted by Crippen LogP contribution is -2.19. The highest BCUT2D eigenvalue weighted by atomic mass is 16.7. The molecule has 0 aliphatic heterocycles. The second-order valence-electron chi connectivity index (χ2n) is 2.50. The highest BCUT2D eigenvalue weighted by Gasteiger charge is 2.11. The van der Waals surface area contributed by atoms with E-state index in [1.165, 1.54) is 19.1 Å². The molecule has 0 amide bonds. The molecular formula is C8H9NO4. The van der Waals surface area contributed by atoms with Gasteiger partial charge in [0.1, 0.15) is 0 Å². The summed E-state index contributed by atoms with van der Waals surface area (Å²) in [5.74, 6) is -1.43. The molecular weight excluding hydrogens is 174 g/mol. The summed E-state index contributed by atoms with van der Waals surface area (Å²) in [6.07, 6.45) is 0. The van der Waals surface area contributed by atoms with Crippen LogP contribution < -0.4 is 4.84 Å². The van der Waals surface area contributed by atoms with Crippen molar-refractivity contribution in [1.82, 2.24) is 4.73 Å². The van der Waals surface area contributed by atoms with Crippen molar-refractivity contribution < 1.29 is 19.8 Å². The second kappa shape index (κ2) is 3.22. The van der Waals surface area contributed by atoms with Crippen LogP contribution in [0.3, 0.4) is 0 Å². The van der Waals surface area contributed by atoms with E-state index in [2.05, 4.69) is 11.4 Å². The maximum absolute atomic E-state index is 10.9. The van der Waals surface area contributed by atoms with E-state index in [0.717, 1.165) is 0 Å². The van der Waals surface area contributed by atoms with Crippen molar-refractivity contribution in [2.24, 2.45) is 0 Å². The van der Waals surface area contributed by atoms with E-state index in [0.29, 0.717) is 4.73 Å². The minimum absolute atomic E-state index is 0.174. The van der Waals surface area contributed by atoms with Gasteiger partial charge in [0, 0.05) is 17.7 Å². The molecule has 0 atom stereocenters. The van der Waals surface area contributed by atoms with Gasteiger partial charge in [-0.1, -0.05) is 6.58 Å². The highest BCUT2D eigenvalue weighted by molar-refractivity contribution is 5.87. The normalized spacial score (nSPS) is 9.62. The van der Waals surface area contributed by atoms with Crippen LogP contribution >= 0.6 is 0 Å². The van der Waals surface area contributed by atoms with Gasteiger partial charge in [0.25, 0.3) is 0 Å². The van der Waals surface area contributed by atoms with Gasteiger partial charge >= 0.3 is 5.97 Å². The molecule has 0 aliphatic carbocycles. The molecule has 0 fully saturated rings. The first-order valence-electron chi connectivity index (χ1n) is 3.50. The van der Waals surface area contributed by atoms with E-state index >= 15 is 0 Å². The zero-order valence-corrected chi connectivity index (χ0v) is 7.02. The van der Waals surface area contributed by atoms with Crippen molar-refractivity contribution in [2.45, 2.75) is 6.92 Å². The zero-order valence-electron chi connectivity index (χ0n) is 7.02. The van der Waals surface area contributed by atoms with Gasteiger partial charge in [-0.3, -0.25) is 0 Å². The van der Waals surface area contributed by atoms with Gasteiger partial charge in [-0.05, 0) is 6.92 Å². The van der Waals surface area contributed by atoms with Crippen molar-refractivity contribution >= 4 is 5.97 Å². The van der Waals surface area contributed by atoms with Gasteiger partial charge in [-0.25, -0.2) is 4.79 Å². The molecule has 5 nitrogen and oxygen atoms in total. The summed E-state index contributed by atoms with van der Waals surface area (Å²) in [5.41, 5.74) is 0.174. The Morgan fingerprint density at radius 2 is 1.92 bits per heavy atom. The minimum atomic E-state index is -0.721. The number of aromatic nitrogens is 1. The van der Waals surface area contributed by atoms with Crippen molar-refractivity contribution in [3.8, 4) is 11.8 Å². The van der Waals surface area contributed by atoms with E-state index in [4.69, 9.17) is 10.2 Å². The Hall–Kier alpha value is -1.91. The molecule has 0 radical (unpaired) electrons. The molecule has 0 bridgehead atoms. The number of aromatic hydroxyl groups is 2. The zero-order chi connectivity index (χ0) is 10.0. The first-order chi connectivity index (χ1) is 6.02. The molecule has 5 heteroatoms. The lowest BCUT2D eigenvalue weighted by Gasteiger charge is -2.05. The predicted octanol–water partition coefficient (Wildman–Crippen LogP) is 0.431. The predicted molar refractivity (Wildman–Crippen MR) is 44.2 cm³/mol. The summed E-state index contributed by atoms with van der Waals surface area (Å²) in [6, 6.07) is 2.39. The van der Waals surface area contributed by atoms with Crippen LogP contribution in [0.4, 0.5) is 0 Å². The van der Waals surface area contributed by atoms with Gasteiger partial charge in [0.15, 0.2) is 0 Å². The van der Waals surface area contributed by atoms with Crippen LogP contribution in [0.15, 0.2) is 24.3 Å². The Bertz CT molecular complexity index is 334. The molecule has 1 heterocycles. The molecule has 70 valence electrons. The molecule has 0 saturated carbocycles. The lowest BCUT2D eigenvalue weighted by atomic mass is 10.4. The number of hydrogen-bond acceptors (Lipinski definition) is 4. The molecule has 2 N–H and O–H groups in total. The van der Waals surface area contributed by atoms with E-state index in [-0.39, 0.29) is 17.3 Å². The van der Waals surface area contributed by atoms with Crippen molar-refractivity contribution in [2.75, 3.05) is 0 Å². The topological polar surface area (TPSA) is 71.7 Å². The number of rotatable bonds is 2. The van der Waals surface area contributed by atoms with Gasteiger partial charge in [0.2, 0.25) is 11.8 Å². The van der Waals surface area contributed by atoms with Gasteiger partial charge in [-0.2, -0.15) is 0 Å². The monoisotopic (exact) mass is 183 g/mol. The Morgan fingerprint density at radius 3 is 2.31 bits per heavy atom. The number of carbonyl (C=O) groups excluding carboxylic acids is 1. The van der Waals surface area contributed by atoms with Gasteiger partial charge < -0.3 is 15.1 Å². The lowest BCUT2D eigenvalue weighted by molar-refractivity contribution is -0.140. The maximum atomic E-state index is 10.9.